The highest BCUT2D eigenvalue weighted by Crippen LogP contribution is 2.14. The van der Waals surface area contributed by atoms with Gasteiger partial charge in [0, 0.05) is 0 Å². The minimum atomic E-state index is -1.41. The van der Waals surface area contributed by atoms with Crippen molar-refractivity contribution in [2.75, 3.05) is 7.11 Å². The maximum absolute atomic E-state index is 9.06. The highest BCUT2D eigenvalue weighted by molar-refractivity contribution is 6.59. The Morgan fingerprint density at radius 1 is 1.15 bits per heavy atom. The molecule has 0 aliphatic heterocycles. The zero-order valence-corrected chi connectivity index (χ0v) is 8.03. The zero-order chi connectivity index (χ0) is 10.0. The van der Waals surface area contributed by atoms with E-state index in [4.69, 9.17) is 14.8 Å². The molecule has 0 aliphatic carbocycles. The van der Waals surface area contributed by atoms with Crippen molar-refractivity contribution in [2.45, 2.75) is 13.8 Å². The van der Waals surface area contributed by atoms with Crippen LogP contribution in [0.4, 0.5) is 0 Å². The quantitative estimate of drug-likeness (QED) is 0.629. The molecule has 3 nitrogen and oxygen atoms in total. The average Bonchev–Trinajstić information content (AvgIpc) is 2.02. The summed E-state index contributed by atoms with van der Waals surface area (Å²) in [6.07, 6.45) is 0. The third-order valence-corrected chi connectivity index (χ3v) is 2.06. The van der Waals surface area contributed by atoms with Crippen LogP contribution in [-0.2, 0) is 0 Å². The molecule has 70 valence electrons. The van der Waals surface area contributed by atoms with Crippen molar-refractivity contribution in [1.29, 1.82) is 0 Å². The highest BCUT2D eigenvalue weighted by atomic mass is 16.5. The lowest BCUT2D eigenvalue weighted by Crippen LogP contribution is -2.34. The first-order chi connectivity index (χ1) is 6.06. The summed E-state index contributed by atoms with van der Waals surface area (Å²) in [5, 5.41) is 18.1. The molecule has 0 aromatic heterocycles. The van der Waals surface area contributed by atoms with E-state index in [1.54, 1.807) is 19.2 Å². The van der Waals surface area contributed by atoms with Gasteiger partial charge in [0.05, 0.1) is 7.11 Å². The van der Waals surface area contributed by atoms with Crippen molar-refractivity contribution in [3.63, 3.8) is 0 Å². The molecule has 4 heteroatoms. The van der Waals surface area contributed by atoms with E-state index in [9.17, 15) is 0 Å². The smallest absolute Gasteiger partial charge is 0.488 e. The number of methoxy groups -OCH3 is 1. The predicted molar refractivity (Wildman–Crippen MR) is 52.3 cm³/mol. The van der Waals surface area contributed by atoms with Crippen molar-refractivity contribution in [3.8, 4) is 5.75 Å². The van der Waals surface area contributed by atoms with Gasteiger partial charge in [-0.3, -0.25) is 0 Å². The summed E-state index contributed by atoms with van der Waals surface area (Å²) in [5.74, 6) is 0.736. The molecule has 1 aromatic carbocycles. The van der Waals surface area contributed by atoms with E-state index in [2.05, 4.69) is 0 Å². The Labute approximate surface area is 78.1 Å². The topological polar surface area (TPSA) is 49.7 Å². The lowest BCUT2D eigenvalue weighted by molar-refractivity contribution is 0.413. The second kappa shape index (κ2) is 3.81. The second-order valence-corrected chi connectivity index (χ2v) is 3.05. The number of aryl methyl sites for hydroxylation is 2. The lowest BCUT2D eigenvalue weighted by Gasteiger charge is -2.10. The van der Waals surface area contributed by atoms with Crippen molar-refractivity contribution in [1.82, 2.24) is 0 Å². The molecule has 0 bridgehead atoms. The summed E-state index contributed by atoms with van der Waals surface area (Å²) in [6, 6.07) is 3.56. The van der Waals surface area contributed by atoms with Gasteiger partial charge in [-0.15, -0.1) is 0 Å². The summed E-state index contributed by atoms with van der Waals surface area (Å²) < 4.78 is 5.05. The first kappa shape index (κ1) is 10.1. The normalized spacial score (nSPS) is 9.92. The Hall–Kier alpha value is -0.995. The Balaban J connectivity index is 3.23. The van der Waals surface area contributed by atoms with Gasteiger partial charge in [0.15, 0.2) is 0 Å². The van der Waals surface area contributed by atoms with Crippen molar-refractivity contribution < 1.29 is 14.8 Å². The Morgan fingerprint density at radius 3 is 1.92 bits per heavy atom. The summed E-state index contributed by atoms with van der Waals surface area (Å²) in [4.78, 5) is 0. The monoisotopic (exact) mass is 180 g/mol. The van der Waals surface area contributed by atoms with Gasteiger partial charge in [-0.2, -0.15) is 0 Å². The van der Waals surface area contributed by atoms with Crippen LogP contribution in [0.3, 0.4) is 0 Å². The minimum Gasteiger partial charge on any atom is -0.497 e. The molecule has 0 atom stereocenters. The Bertz CT molecular complexity index is 287. The van der Waals surface area contributed by atoms with Crippen LogP contribution >= 0.6 is 0 Å². The van der Waals surface area contributed by atoms with Gasteiger partial charge in [0.1, 0.15) is 5.75 Å². The molecule has 1 aromatic rings. The molecule has 0 saturated carbocycles. The van der Waals surface area contributed by atoms with E-state index in [0.717, 1.165) is 16.9 Å². The molecule has 0 fully saturated rings. The van der Waals surface area contributed by atoms with Gasteiger partial charge >= 0.3 is 7.12 Å². The van der Waals surface area contributed by atoms with Crippen LogP contribution in [-0.4, -0.2) is 24.3 Å². The summed E-state index contributed by atoms with van der Waals surface area (Å²) in [6.45, 7) is 3.65. The van der Waals surface area contributed by atoms with Gasteiger partial charge in [-0.05, 0) is 42.6 Å². The van der Waals surface area contributed by atoms with E-state index in [1.807, 2.05) is 13.8 Å². The van der Waals surface area contributed by atoms with E-state index < -0.39 is 7.12 Å². The molecule has 0 radical (unpaired) electrons. The molecule has 0 heterocycles. The van der Waals surface area contributed by atoms with E-state index in [-0.39, 0.29) is 0 Å². The number of hydrogen-bond donors (Lipinski definition) is 2. The van der Waals surface area contributed by atoms with Gasteiger partial charge in [0.25, 0.3) is 0 Å². The maximum atomic E-state index is 9.06. The van der Waals surface area contributed by atoms with E-state index in [0.29, 0.717) is 5.46 Å². The minimum absolute atomic E-state index is 0.556. The van der Waals surface area contributed by atoms with Crippen LogP contribution in [0.25, 0.3) is 0 Å². The third-order valence-electron chi connectivity index (χ3n) is 2.06. The number of rotatable bonds is 2. The van der Waals surface area contributed by atoms with Crippen LogP contribution in [0.15, 0.2) is 12.1 Å². The largest absolute Gasteiger partial charge is 0.497 e. The molecule has 2 N–H and O–H groups in total. The summed E-state index contributed by atoms with van der Waals surface area (Å²) in [5.41, 5.74) is 2.21. The summed E-state index contributed by atoms with van der Waals surface area (Å²) >= 11 is 0. The van der Waals surface area contributed by atoms with Crippen molar-refractivity contribution >= 4 is 12.6 Å². The van der Waals surface area contributed by atoms with Crippen molar-refractivity contribution in [2.24, 2.45) is 0 Å². The molecule has 0 aliphatic rings. The van der Waals surface area contributed by atoms with Gasteiger partial charge in [-0.1, -0.05) is 0 Å². The average molecular weight is 180 g/mol. The number of hydrogen-bond acceptors (Lipinski definition) is 3. The van der Waals surface area contributed by atoms with Crippen LogP contribution in [0.1, 0.15) is 11.1 Å². The van der Waals surface area contributed by atoms with E-state index in [1.165, 1.54) is 0 Å². The fourth-order valence-corrected chi connectivity index (χ4v) is 1.46. The first-order valence-corrected chi connectivity index (χ1v) is 4.07. The van der Waals surface area contributed by atoms with Crippen LogP contribution in [0.5, 0.6) is 5.75 Å². The number of ether oxygens (including phenoxy) is 1. The fraction of sp³-hybridized carbons (Fsp3) is 0.333. The standard InChI is InChI=1S/C9H13BO3/c1-6-4-8(13-3)5-7(2)9(6)10(11)12/h4-5,11-12H,1-3H3. The van der Waals surface area contributed by atoms with Crippen molar-refractivity contribution in [3.05, 3.63) is 23.3 Å². The van der Waals surface area contributed by atoms with Gasteiger partial charge in [0.2, 0.25) is 0 Å². The third kappa shape index (κ3) is 2.02. The maximum Gasteiger partial charge on any atom is 0.488 e. The molecule has 0 saturated heterocycles. The zero-order valence-electron chi connectivity index (χ0n) is 8.03. The Kier molecular flexibility index (Phi) is 2.96. The molecular formula is C9H13BO3. The SMILES string of the molecule is COc1cc(C)c(B(O)O)c(C)c1. The summed E-state index contributed by atoms with van der Waals surface area (Å²) in [7, 11) is 0.175. The molecule has 1 rings (SSSR count). The molecule has 0 amide bonds. The molecule has 0 spiro atoms. The lowest BCUT2D eigenvalue weighted by atomic mass is 9.74. The molecule has 0 unspecified atom stereocenters. The van der Waals surface area contributed by atoms with Gasteiger partial charge < -0.3 is 14.8 Å². The molecular weight excluding hydrogens is 167 g/mol. The van der Waals surface area contributed by atoms with Crippen LogP contribution < -0.4 is 10.2 Å². The van der Waals surface area contributed by atoms with E-state index >= 15 is 0 Å². The number of benzene rings is 1. The van der Waals surface area contributed by atoms with Crippen LogP contribution in [0.2, 0.25) is 0 Å². The second-order valence-electron chi connectivity index (χ2n) is 3.05. The molecule has 13 heavy (non-hydrogen) atoms. The van der Waals surface area contributed by atoms with Crippen LogP contribution in [0, 0.1) is 13.8 Å². The highest BCUT2D eigenvalue weighted by Gasteiger charge is 2.17. The predicted octanol–water partition coefficient (Wildman–Crippen LogP) is -0.00816. The first-order valence-electron chi connectivity index (χ1n) is 4.07. The Morgan fingerprint density at radius 2 is 1.62 bits per heavy atom. The fourth-order valence-electron chi connectivity index (χ4n) is 1.46. The van der Waals surface area contributed by atoms with Gasteiger partial charge in [-0.25, -0.2) is 0 Å².